The molecule has 0 aromatic heterocycles. The van der Waals surface area contributed by atoms with Crippen molar-refractivity contribution in [2.45, 2.75) is 24.3 Å². The molecule has 21 heavy (non-hydrogen) atoms. The molecule has 0 unspecified atom stereocenters. The third-order valence-electron chi connectivity index (χ3n) is 3.25. The van der Waals surface area contributed by atoms with Crippen LogP contribution in [0.2, 0.25) is 0 Å². The van der Waals surface area contributed by atoms with Gasteiger partial charge in [0.25, 0.3) is 0 Å². The molecular formula is C17H18FNOS. The van der Waals surface area contributed by atoms with E-state index in [1.54, 1.807) is 23.9 Å². The van der Waals surface area contributed by atoms with Crippen molar-refractivity contribution >= 4 is 17.7 Å². The second-order valence-corrected chi connectivity index (χ2v) is 5.75. The van der Waals surface area contributed by atoms with E-state index in [0.29, 0.717) is 5.56 Å². The number of nitrogens with one attached hydrogen (secondary N) is 1. The minimum atomic E-state index is -0.319. The third kappa shape index (κ3) is 4.60. The molecule has 2 aromatic carbocycles. The van der Waals surface area contributed by atoms with Gasteiger partial charge in [-0.3, -0.25) is 4.79 Å². The van der Waals surface area contributed by atoms with Gasteiger partial charge in [0.05, 0.1) is 12.5 Å². The van der Waals surface area contributed by atoms with E-state index in [1.807, 2.05) is 37.4 Å². The Morgan fingerprint density at radius 3 is 2.57 bits per heavy atom. The lowest BCUT2D eigenvalue weighted by Gasteiger charge is -2.15. The number of thioether (sulfide) groups is 1. The molecule has 0 aliphatic heterocycles. The Labute approximate surface area is 128 Å². The van der Waals surface area contributed by atoms with Gasteiger partial charge < -0.3 is 5.32 Å². The fourth-order valence-electron chi connectivity index (χ4n) is 2.10. The van der Waals surface area contributed by atoms with E-state index in [9.17, 15) is 9.18 Å². The molecule has 1 N–H and O–H groups in total. The molecule has 2 aromatic rings. The van der Waals surface area contributed by atoms with Crippen molar-refractivity contribution in [2.75, 3.05) is 6.26 Å². The zero-order valence-electron chi connectivity index (χ0n) is 12.1. The third-order valence-corrected chi connectivity index (χ3v) is 3.99. The SMILES string of the molecule is CSc1ccc([C@@H](C)NC(=O)Cc2cccc(F)c2)cc1. The summed E-state index contributed by atoms with van der Waals surface area (Å²) in [5.74, 6) is -0.428. The number of carbonyl (C=O) groups excluding carboxylic acids is 1. The number of amides is 1. The van der Waals surface area contributed by atoms with Gasteiger partial charge in [-0.05, 0) is 48.6 Å². The molecule has 0 fully saturated rings. The summed E-state index contributed by atoms with van der Waals surface area (Å²) in [6.07, 6.45) is 2.21. The molecule has 110 valence electrons. The van der Waals surface area contributed by atoms with Crippen LogP contribution in [-0.2, 0) is 11.2 Å². The van der Waals surface area contributed by atoms with Crippen LogP contribution < -0.4 is 5.32 Å². The van der Waals surface area contributed by atoms with Crippen LogP contribution >= 0.6 is 11.8 Å². The summed E-state index contributed by atoms with van der Waals surface area (Å²) in [7, 11) is 0. The first-order chi connectivity index (χ1) is 10.1. The van der Waals surface area contributed by atoms with Crippen LogP contribution in [0.1, 0.15) is 24.1 Å². The van der Waals surface area contributed by atoms with Crippen molar-refractivity contribution in [3.63, 3.8) is 0 Å². The second-order valence-electron chi connectivity index (χ2n) is 4.87. The van der Waals surface area contributed by atoms with Crippen molar-refractivity contribution in [3.8, 4) is 0 Å². The number of halogens is 1. The van der Waals surface area contributed by atoms with Gasteiger partial charge >= 0.3 is 0 Å². The maximum Gasteiger partial charge on any atom is 0.224 e. The average Bonchev–Trinajstić information content (AvgIpc) is 2.47. The highest BCUT2D eigenvalue weighted by Gasteiger charge is 2.10. The van der Waals surface area contributed by atoms with E-state index in [-0.39, 0.29) is 24.2 Å². The smallest absolute Gasteiger partial charge is 0.224 e. The van der Waals surface area contributed by atoms with Gasteiger partial charge in [-0.2, -0.15) is 0 Å². The first-order valence-corrected chi connectivity index (χ1v) is 7.98. The van der Waals surface area contributed by atoms with E-state index in [1.165, 1.54) is 17.0 Å². The molecule has 0 spiro atoms. The topological polar surface area (TPSA) is 29.1 Å². The number of benzene rings is 2. The first kappa shape index (κ1) is 15.6. The standard InChI is InChI=1S/C17H18FNOS/c1-12(14-6-8-16(21-2)9-7-14)19-17(20)11-13-4-3-5-15(18)10-13/h3-10,12H,11H2,1-2H3,(H,19,20)/t12-/m1/s1. The summed E-state index contributed by atoms with van der Waals surface area (Å²) in [5, 5.41) is 2.93. The second kappa shape index (κ2) is 7.27. The molecule has 1 amide bonds. The Morgan fingerprint density at radius 2 is 1.95 bits per heavy atom. The van der Waals surface area contributed by atoms with Crippen LogP contribution in [0, 0.1) is 5.82 Å². The monoisotopic (exact) mass is 303 g/mol. The normalized spacial score (nSPS) is 12.0. The molecule has 0 bridgehead atoms. The lowest BCUT2D eigenvalue weighted by Crippen LogP contribution is -2.28. The van der Waals surface area contributed by atoms with Gasteiger partial charge in [0.1, 0.15) is 5.82 Å². The predicted molar refractivity (Wildman–Crippen MR) is 84.9 cm³/mol. The molecule has 0 saturated carbocycles. The van der Waals surface area contributed by atoms with Crippen LogP contribution in [0.25, 0.3) is 0 Å². The highest BCUT2D eigenvalue weighted by atomic mass is 32.2. The largest absolute Gasteiger partial charge is 0.349 e. The Bertz CT molecular complexity index is 612. The highest BCUT2D eigenvalue weighted by molar-refractivity contribution is 7.98. The summed E-state index contributed by atoms with van der Waals surface area (Å²) in [5.41, 5.74) is 1.73. The van der Waals surface area contributed by atoms with E-state index >= 15 is 0 Å². The minimum absolute atomic E-state index is 0.0676. The summed E-state index contributed by atoms with van der Waals surface area (Å²) in [4.78, 5) is 13.2. The van der Waals surface area contributed by atoms with Crippen LogP contribution in [0.3, 0.4) is 0 Å². The molecule has 1 atom stereocenters. The van der Waals surface area contributed by atoms with E-state index in [0.717, 1.165) is 5.56 Å². The zero-order valence-corrected chi connectivity index (χ0v) is 12.9. The van der Waals surface area contributed by atoms with Crippen molar-refractivity contribution in [2.24, 2.45) is 0 Å². The highest BCUT2D eigenvalue weighted by Crippen LogP contribution is 2.19. The van der Waals surface area contributed by atoms with Crippen molar-refractivity contribution in [1.29, 1.82) is 0 Å². The maximum absolute atomic E-state index is 13.1. The van der Waals surface area contributed by atoms with Gasteiger partial charge in [0, 0.05) is 4.90 Å². The molecule has 0 aliphatic rings. The fraction of sp³-hybridized carbons (Fsp3) is 0.235. The lowest BCUT2D eigenvalue weighted by molar-refractivity contribution is -0.121. The van der Waals surface area contributed by atoms with Gasteiger partial charge in [0.2, 0.25) is 5.91 Å². The summed E-state index contributed by atoms with van der Waals surface area (Å²) in [6.45, 7) is 1.94. The Kier molecular flexibility index (Phi) is 5.39. The van der Waals surface area contributed by atoms with Gasteiger partial charge in [0.15, 0.2) is 0 Å². The molecular weight excluding hydrogens is 285 g/mol. The zero-order chi connectivity index (χ0) is 15.2. The average molecular weight is 303 g/mol. The van der Waals surface area contributed by atoms with Crippen LogP contribution in [-0.4, -0.2) is 12.2 Å². The molecule has 0 aliphatic carbocycles. The van der Waals surface area contributed by atoms with Crippen LogP contribution in [0.4, 0.5) is 4.39 Å². The van der Waals surface area contributed by atoms with Crippen LogP contribution in [0.5, 0.6) is 0 Å². The van der Waals surface area contributed by atoms with Crippen LogP contribution in [0.15, 0.2) is 53.4 Å². The van der Waals surface area contributed by atoms with E-state index < -0.39 is 0 Å². The molecule has 0 saturated heterocycles. The first-order valence-electron chi connectivity index (χ1n) is 6.76. The maximum atomic E-state index is 13.1. The molecule has 2 nitrogen and oxygen atoms in total. The van der Waals surface area contributed by atoms with Crippen molar-refractivity contribution in [1.82, 2.24) is 5.32 Å². The number of carbonyl (C=O) groups is 1. The summed E-state index contributed by atoms with van der Waals surface area (Å²) < 4.78 is 13.1. The molecule has 2 rings (SSSR count). The fourth-order valence-corrected chi connectivity index (χ4v) is 2.51. The molecule has 4 heteroatoms. The lowest BCUT2D eigenvalue weighted by atomic mass is 10.1. The Hall–Kier alpha value is -1.81. The number of rotatable bonds is 5. The van der Waals surface area contributed by atoms with E-state index in [4.69, 9.17) is 0 Å². The Morgan fingerprint density at radius 1 is 1.24 bits per heavy atom. The summed E-state index contributed by atoms with van der Waals surface area (Å²) >= 11 is 1.68. The molecule has 0 heterocycles. The van der Waals surface area contributed by atoms with Gasteiger partial charge in [-0.1, -0.05) is 24.3 Å². The summed E-state index contributed by atoms with van der Waals surface area (Å²) in [6, 6.07) is 14.2. The van der Waals surface area contributed by atoms with Crippen molar-refractivity contribution in [3.05, 3.63) is 65.5 Å². The van der Waals surface area contributed by atoms with Crippen molar-refractivity contribution < 1.29 is 9.18 Å². The number of hydrogen-bond acceptors (Lipinski definition) is 2. The molecule has 0 radical (unpaired) electrons. The quantitative estimate of drug-likeness (QED) is 0.847. The Balaban J connectivity index is 1.95. The number of hydrogen-bond donors (Lipinski definition) is 1. The minimum Gasteiger partial charge on any atom is -0.349 e. The predicted octanol–water partition coefficient (Wildman–Crippen LogP) is 3.97. The van der Waals surface area contributed by atoms with Gasteiger partial charge in [-0.25, -0.2) is 4.39 Å². The van der Waals surface area contributed by atoms with E-state index in [2.05, 4.69) is 5.32 Å². The van der Waals surface area contributed by atoms with Gasteiger partial charge in [-0.15, -0.1) is 11.8 Å².